The zero-order chi connectivity index (χ0) is 8.39. The molecule has 4 heteroatoms. The summed E-state index contributed by atoms with van der Waals surface area (Å²) < 4.78 is 0. The van der Waals surface area contributed by atoms with Crippen LogP contribution < -0.4 is 10.6 Å². The molecule has 1 atom stereocenters. The molecule has 1 aliphatic rings. The van der Waals surface area contributed by atoms with E-state index in [4.69, 9.17) is 0 Å². The van der Waals surface area contributed by atoms with Gasteiger partial charge in [-0.05, 0) is 12.1 Å². The van der Waals surface area contributed by atoms with E-state index in [2.05, 4.69) is 15.6 Å². The van der Waals surface area contributed by atoms with Crippen LogP contribution in [0, 0.1) is 0 Å². The van der Waals surface area contributed by atoms with E-state index in [1.165, 1.54) is 0 Å². The van der Waals surface area contributed by atoms with Crippen LogP contribution in [0.3, 0.4) is 0 Å². The molecule has 62 valence electrons. The zero-order valence-electron chi connectivity index (χ0n) is 6.45. The highest BCUT2D eigenvalue weighted by atomic mass is 16.2. The fourth-order valence-electron chi connectivity index (χ4n) is 1.22. The second kappa shape index (κ2) is 2.81. The number of hydrogen-bond acceptors (Lipinski definition) is 2. The summed E-state index contributed by atoms with van der Waals surface area (Å²) in [5, 5.41) is 5.44. The fraction of sp³-hybridized carbons (Fsp3) is 0.250. The summed E-state index contributed by atoms with van der Waals surface area (Å²) in [6, 6.07) is 5.57. The fourth-order valence-corrected chi connectivity index (χ4v) is 1.22. The molecular formula is C8H9N3O. The Hall–Kier alpha value is -1.58. The molecule has 1 aromatic heterocycles. The van der Waals surface area contributed by atoms with Crippen molar-refractivity contribution in [2.75, 3.05) is 6.54 Å². The Morgan fingerprint density at radius 3 is 3.00 bits per heavy atom. The third kappa shape index (κ3) is 1.23. The first-order valence-electron chi connectivity index (χ1n) is 3.81. The summed E-state index contributed by atoms with van der Waals surface area (Å²) in [6.07, 6.45) is 1.72. The van der Waals surface area contributed by atoms with Crippen LogP contribution in [-0.4, -0.2) is 17.6 Å². The van der Waals surface area contributed by atoms with Gasteiger partial charge in [-0.1, -0.05) is 6.07 Å². The van der Waals surface area contributed by atoms with Gasteiger partial charge in [-0.15, -0.1) is 0 Å². The molecule has 1 fully saturated rings. The molecule has 0 radical (unpaired) electrons. The summed E-state index contributed by atoms with van der Waals surface area (Å²) in [5.41, 5.74) is 0.899. The summed E-state index contributed by atoms with van der Waals surface area (Å²) in [4.78, 5) is 14.9. The van der Waals surface area contributed by atoms with Crippen molar-refractivity contribution in [1.29, 1.82) is 0 Å². The molecule has 0 bridgehead atoms. The minimum absolute atomic E-state index is 0.0266. The van der Waals surface area contributed by atoms with Crippen molar-refractivity contribution in [2.24, 2.45) is 0 Å². The van der Waals surface area contributed by atoms with E-state index in [9.17, 15) is 4.79 Å². The Bertz CT molecular complexity index is 286. The van der Waals surface area contributed by atoms with Gasteiger partial charge in [0.05, 0.1) is 11.7 Å². The molecule has 2 amide bonds. The Morgan fingerprint density at radius 2 is 2.42 bits per heavy atom. The van der Waals surface area contributed by atoms with Gasteiger partial charge in [-0.2, -0.15) is 0 Å². The van der Waals surface area contributed by atoms with Crippen molar-refractivity contribution in [3.05, 3.63) is 30.1 Å². The van der Waals surface area contributed by atoms with Gasteiger partial charge >= 0.3 is 6.03 Å². The minimum Gasteiger partial charge on any atom is -0.336 e. The molecule has 0 spiro atoms. The standard InChI is InChI=1S/C8H9N3O/c12-8-10-5-7(11-8)6-3-1-2-4-9-6/h1-4,7H,5H2,(H2,10,11,12). The molecule has 2 heterocycles. The molecular weight excluding hydrogens is 154 g/mol. The average Bonchev–Trinajstić information content (AvgIpc) is 2.54. The molecule has 0 aliphatic carbocycles. The first-order valence-corrected chi connectivity index (χ1v) is 3.81. The Labute approximate surface area is 70.0 Å². The van der Waals surface area contributed by atoms with E-state index in [0.717, 1.165) is 5.69 Å². The molecule has 1 unspecified atom stereocenters. The van der Waals surface area contributed by atoms with Gasteiger partial charge in [0.1, 0.15) is 0 Å². The van der Waals surface area contributed by atoms with Crippen LogP contribution in [0.1, 0.15) is 11.7 Å². The number of urea groups is 1. The number of nitrogens with zero attached hydrogens (tertiary/aromatic N) is 1. The molecule has 2 rings (SSSR count). The summed E-state index contributed by atoms with van der Waals surface area (Å²) in [5.74, 6) is 0. The first-order chi connectivity index (χ1) is 5.86. The molecule has 2 N–H and O–H groups in total. The van der Waals surface area contributed by atoms with E-state index >= 15 is 0 Å². The number of nitrogens with one attached hydrogen (secondary N) is 2. The van der Waals surface area contributed by atoms with Crippen LogP contribution in [0.25, 0.3) is 0 Å². The molecule has 4 nitrogen and oxygen atoms in total. The predicted molar refractivity (Wildman–Crippen MR) is 43.5 cm³/mol. The van der Waals surface area contributed by atoms with E-state index in [1.807, 2.05) is 18.2 Å². The molecule has 1 saturated heterocycles. The molecule has 0 saturated carbocycles. The van der Waals surface area contributed by atoms with Crippen molar-refractivity contribution >= 4 is 6.03 Å². The topological polar surface area (TPSA) is 54.0 Å². The smallest absolute Gasteiger partial charge is 0.315 e. The van der Waals surface area contributed by atoms with Crippen molar-refractivity contribution < 1.29 is 4.79 Å². The number of carbonyl (C=O) groups is 1. The van der Waals surface area contributed by atoms with E-state index in [1.54, 1.807) is 6.20 Å². The Kier molecular flexibility index (Phi) is 1.66. The molecule has 1 aromatic rings. The number of amides is 2. The third-order valence-corrected chi connectivity index (χ3v) is 1.82. The maximum absolute atomic E-state index is 10.8. The first kappa shape index (κ1) is 7.09. The summed E-state index contributed by atoms with van der Waals surface area (Å²) in [6.45, 7) is 0.621. The van der Waals surface area contributed by atoms with Gasteiger partial charge in [-0.25, -0.2) is 4.79 Å². The second-order valence-corrected chi connectivity index (χ2v) is 2.66. The van der Waals surface area contributed by atoms with Crippen molar-refractivity contribution in [2.45, 2.75) is 6.04 Å². The van der Waals surface area contributed by atoms with Crippen molar-refractivity contribution in [3.8, 4) is 0 Å². The van der Waals surface area contributed by atoms with Crippen LogP contribution >= 0.6 is 0 Å². The monoisotopic (exact) mass is 163 g/mol. The quantitative estimate of drug-likeness (QED) is 0.631. The van der Waals surface area contributed by atoms with Gasteiger partial charge in [-0.3, -0.25) is 4.98 Å². The van der Waals surface area contributed by atoms with E-state index in [0.29, 0.717) is 6.54 Å². The molecule has 0 aromatic carbocycles. The average molecular weight is 163 g/mol. The lowest BCUT2D eigenvalue weighted by Crippen LogP contribution is -2.22. The lowest BCUT2D eigenvalue weighted by atomic mass is 10.2. The van der Waals surface area contributed by atoms with Crippen LogP contribution in [0.4, 0.5) is 4.79 Å². The van der Waals surface area contributed by atoms with Gasteiger partial charge in [0.2, 0.25) is 0 Å². The number of hydrogen-bond donors (Lipinski definition) is 2. The number of carbonyl (C=O) groups excluding carboxylic acids is 1. The SMILES string of the molecule is O=C1NCC(c2ccccn2)N1. The highest BCUT2D eigenvalue weighted by molar-refractivity contribution is 5.76. The normalized spacial score (nSPS) is 21.7. The maximum atomic E-state index is 10.8. The Morgan fingerprint density at radius 1 is 1.50 bits per heavy atom. The number of aromatic nitrogens is 1. The molecule has 12 heavy (non-hydrogen) atoms. The van der Waals surface area contributed by atoms with E-state index in [-0.39, 0.29) is 12.1 Å². The summed E-state index contributed by atoms with van der Waals surface area (Å²) in [7, 11) is 0. The highest BCUT2D eigenvalue weighted by Crippen LogP contribution is 2.10. The zero-order valence-corrected chi connectivity index (χ0v) is 6.45. The Balaban J connectivity index is 2.16. The van der Waals surface area contributed by atoms with Gasteiger partial charge in [0.25, 0.3) is 0 Å². The maximum Gasteiger partial charge on any atom is 0.315 e. The van der Waals surface area contributed by atoms with Crippen LogP contribution in [0.2, 0.25) is 0 Å². The number of pyridine rings is 1. The van der Waals surface area contributed by atoms with Gasteiger partial charge in [0, 0.05) is 12.7 Å². The third-order valence-electron chi connectivity index (χ3n) is 1.82. The van der Waals surface area contributed by atoms with Crippen LogP contribution in [0.5, 0.6) is 0 Å². The predicted octanol–water partition coefficient (Wildman–Crippen LogP) is 0.436. The van der Waals surface area contributed by atoms with E-state index < -0.39 is 0 Å². The van der Waals surface area contributed by atoms with Crippen LogP contribution in [0.15, 0.2) is 24.4 Å². The second-order valence-electron chi connectivity index (χ2n) is 2.66. The van der Waals surface area contributed by atoms with Crippen molar-refractivity contribution in [1.82, 2.24) is 15.6 Å². The highest BCUT2D eigenvalue weighted by Gasteiger charge is 2.21. The molecule has 1 aliphatic heterocycles. The minimum atomic E-state index is -0.120. The lowest BCUT2D eigenvalue weighted by Gasteiger charge is -2.05. The number of rotatable bonds is 1. The van der Waals surface area contributed by atoms with Crippen LogP contribution in [-0.2, 0) is 0 Å². The largest absolute Gasteiger partial charge is 0.336 e. The lowest BCUT2D eigenvalue weighted by molar-refractivity contribution is 0.247. The van der Waals surface area contributed by atoms with Gasteiger partial charge in [0.15, 0.2) is 0 Å². The van der Waals surface area contributed by atoms with Crippen molar-refractivity contribution in [3.63, 3.8) is 0 Å². The van der Waals surface area contributed by atoms with Gasteiger partial charge < -0.3 is 10.6 Å². The summed E-state index contributed by atoms with van der Waals surface area (Å²) >= 11 is 0.